The number of rotatable bonds is 5. The fraction of sp³-hybridized carbons (Fsp3) is 0.409. The summed E-state index contributed by atoms with van der Waals surface area (Å²) in [5, 5.41) is 7.12. The Morgan fingerprint density at radius 3 is 2.50 bits per heavy atom. The van der Waals surface area contributed by atoms with E-state index in [2.05, 4.69) is 4.98 Å². The van der Waals surface area contributed by atoms with Crippen molar-refractivity contribution in [2.75, 3.05) is 26.3 Å². The first-order valence-corrected chi connectivity index (χ1v) is 10.0. The Labute approximate surface area is 182 Å². The molecule has 0 radical (unpaired) electrons. The highest BCUT2D eigenvalue weighted by Crippen LogP contribution is 2.36. The van der Waals surface area contributed by atoms with Gasteiger partial charge < -0.3 is 19.5 Å². The zero-order valence-electron chi connectivity index (χ0n) is 17.1. The van der Waals surface area contributed by atoms with Gasteiger partial charge in [0.15, 0.2) is 0 Å². The summed E-state index contributed by atoms with van der Waals surface area (Å²) in [5.74, 6) is -1.01. The van der Waals surface area contributed by atoms with E-state index < -0.39 is 12.1 Å². The van der Waals surface area contributed by atoms with Crippen molar-refractivity contribution in [3.63, 3.8) is 0 Å². The van der Waals surface area contributed by atoms with Crippen LogP contribution in [-0.4, -0.2) is 65.5 Å². The third kappa shape index (κ3) is 6.19. The second-order valence-electron chi connectivity index (χ2n) is 7.50. The zero-order chi connectivity index (χ0) is 23.1. The molecule has 0 aliphatic carbocycles. The number of hydrogen-bond acceptors (Lipinski definition) is 5. The zero-order valence-corrected chi connectivity index (χ0v) is 17.1. The molecule has 7 nitrogen and oxygen atoms in total. The van der Waals surface area contributed by atoms with Gasteiger partial charge in [0.2, 0.25) is 0 Å². The summed E-state index contributed by atoms with van der Waals surface area (Å²) in [4.78, 5) is 27.5. The molecule has 3 heterocycles. The molecule has 0 unspecified atom stereocenters. The van der Waals surface area contributed by atoms with E-state index in [0.29, 0.717) is 25.0 Å². The lowest BCUT2D eigenvalue weighted by atomic mass is 9.91. The number of fused-ring (bicyclic) bond motifs is 1. The predicted octanol–water partition coefficient (Wildman–Crippen LogP) is 3.27. The summed E-state index contributed by atoms with van der Waals surface area (Å²) >= 11 is 0. The quantitative estimate of drug-likeness (QED) is 0.749. The first-order valence-electron chi connectivity index (χ1n) is 10.0. The van der Waals surface area contributed by atoms with Gasteiger partial charge in [0.05, 0.1) is 25.5 Å². The van der Waals surface area contributed by atoms with Crippen LogP contribution in [0.25, 0.3) is 0 Å². The average molecular weight is 452 g/mol. The number of alkyl halides is 3. The highest BCUT2D eigenvalue weighted by atomic mass is 19.4. The molecule has 2 fully saturated rings. The number of ether oxygens (including phenoxy) is 2. The first-order chi connectivity index (χ1) is 15.3. The minimum atomic E-state index is -5.08. The molecule has 0 spiro atoms. The molecule has 2 saturated heterocycles. The molecule has 0 bridgehead atoms. The molecule has 1 aromatic heterocycles. The van der Waals surface area contributed by atoms with Crippen LogP contribution >= 0.6 is 0 Å². The van der Waals surface area contributed by atoms with Gasteiger partial charge >= 0.3 is 12.1 Å². The molecule has 1 amide bonds. The number of halogens is 3. The van der Waals surface area contributed by atoms with Crippen molar-refractivity contribution in [1.29, 1.82) is 0 Å². The van der Waals surface area contributed by atoms with Crippen LogP contribution in [-0.2, 0) is 9.53 Å². The number of benzene rings is 1. The molecular weight excluding hydrogens is 429 g/mol. The van der Waals surface area contributed by atoms with Crippen LogP contribution in [0.15, 0.2) is 54.9 Å². The summed E-state index contributed by atoms with van der Waals surface area (Å²) in [6, 6.07) is 13.3. The number of pyridine rings is 1. The standard InChI is InChI=1S/C20H22N2O3.C2HF3O2/c23-20(15-5-2-1-3-6-15)22-12-18-16(14-25-19(18)13-22)8-10-24-17-7-4-9-21-11-17;3-2(4,5)1(6)7/h1-7,9,11,16,18-19H,8,10,12-14H2;(H,6,7)/t16-,18-,19-;/m0./s1. The Balaban J connectivity index is 0.000000360. The van der Waals surface area contributed by atoms with E-state index in [1.165, 1.54) is 0 Å². The maximum atomic E-state index is 12.6. The predicted molar refractivity (Wildman–Crippen MR) is 107 cm³/mol. The van der Waals surface area contributed by atoms with E-state index in [1.54, 1.807) is 12.4 Å². The van der Waals surface area contributed by atoms with Gasteiger partial charge in [-0.25, -0.2) is 4.79 Å². The van der Waals surface area contributed by atoms with E-state index in [4.69, 9.17) is 19.4 Å². The number of hydrogen-bond donors (Lipinski definition) is 1. The Morgan fingerprint density at radius 1 is 1.16 bits per heavy atom. The maximum Gasteiger partial charge on any atom is 0.490 e. The van der Waals surface area contributed by atoms with E-state index in [9.17, 15) is 18.0 Å². The summed E-state index contributed by atoms with van der Waals surface area (Å²) in [5.41, 5.74) is 0.749. The first kappa shape index (κ1) is 23.5. The summed E-state index contributed by atoms with van der Waals surface area (Å²) < 4.78 is 43.4. The van der Waals surface area contributed by atoms with Crippen LogP contribution in [0, 0.1) is 11.8 Å². The van der Waals surface area contributed by atoms with Crippen molar-refractivity contribution in [3.05, 3.63) is 60.4 Å². The van der Waals surface area contributed by atoms with E-state index in [1.807, 2.05) is 47.4 Å². The van der Waals surface area contributed by atoms with Gasteiger partial charge in [0.1, 0.15) is 5.75 Å². The summed E-state index contributed by atoms with van der Waals surface area (Å²) in [6.07, 6.45) is -0.525. The fourth-order valence-corrected chi connectivity index (χ4v) is 3.79. The maximum absolute atomic E-state index is 12.6. The molecule has 1 aromatic carbocycles. The van der Waals surface area contributed by atoms with Crippen molar-refractivity contribution in [2.24, 2.45) is 11.8 Å². The number of carbonyl (C=O) groups excluding carboxylic acids is 1. The van der Waals surface area contributed by atoms with E-state index in [-0.39, 0.29) is 12.0 Å². The smallest absolute Gasteiger partial charge is 0.490 e. The largest absolute Gasteiger partial charge is 0.492 e. The SMILES string of the molecule is O=C(O)C(F)(F)F.O=C(c1ccccc1)N1C[C@H]2[C@@H](CCOc3cccnc3)CO[C@H]2C1. The third-order valence-corrected chi connectivity index (χ3v) is 5.38. The van der Waals surface area contributed by atoms with E-state index in [0.717, 1.165) is 30.9 Å². The van der Waals surface area contributed by atoms with Crippen molar-refractivity contribution < 1.29 is 37.3 Å². The lowest BCUT2D eigenvalue weighted by molar-refractivity contribution is -0.192. The number of carbonyl (C=O) groups is 2. The van der Waals surface area contributed by atoms with Crippen LogP contribution in [0.1, 0.15) is 16.8 Å². The Hall–Kier alpha value is -3.14. The molecule has 4 rings (SSSR count). The normalized spacial score (nSPS) is 22.0. The lowest BCUT2D eigenvalue weighted by Crippen LogP contribution is -2.31. The Bertz CT molecular complexity index is 895. The molecule has 32 heavy (non-hydrogen) atoms. The number of aromatic nitrogens is 1. The number of amides is 1. The molecular formula is C22H23F3N2O5. The second-order valence-corrected chi connectivity index (χ2v) is 7.50. The van der Waals surface area contributed by atoms with Gasteiger partial charge in [-0.1, -0.05) is 18.2 Å². The number of carboxylic acids is 1. The van der Waals surface area contributed by atoms with Crippen molar-refractivity contribution in [1.82, 2.24) is 9.88 Å². The molecule has 172 valence electrons. The number of aliphatic carboxylic acids is 1. The van der Waals surface area contributed by atoms with Gasteiger partial charge in [0.25, 0.3) is 5.91 Å². The lowest BCUT2D eigenvalue weighted by Gasteiger charge is -2.20. The van der Waals surface area contributed by atoms with Crippen LogP contribution in [0.2, 0.25) is 0 Å². The molecule has 2 aliphatic heterocycles. The monoisotopic (exact) mass is 452 g/mol. The van der Waals surface area contributed by atoms with Crippen molar-refractivity contribution >= 4 is 11.9 Å². The van der Waals surface area contributed by atoms with Crippen LogP contribution in [0.4, 0.5) is 13.2 Å². The summed E-state index contributed by atoms with van der Waals surface area (Å²) in [6.45, 7) is 2.88. The van der Waals surface area contributed by atoms with Gasteiger partial charge in [-0.15, -0.1) is 0 Å². The minimum absolute atomic E-state index is 0.101. The highest BCUT2D eigenvalue weighted by Gasteiger charge is 2.45. The number of likely N-dealkylation sites (tertiary alicyclic amines) is 1. The van der Waals surface area contributed by atoms with Gasteiger partial charge in [-0.05, 0) is 36.6 Å². The van der Waals surface area contributed by atoms with Crippen LogP contribution in [0.3, 0.4) is 0 Å². The second kappa shape index (κ2) is 10.4. The van der Waals surface area contributed by atoms with E-state index >= 15 is 0 Å². The third-order valence-electron chi connectivity index (χ3n) is 5.38. The average Bonchev–Trinajstić information content (AvgIpc) is 3.36. The van der Waals surface area contributed by atoms with Crippen molar-refractivity contribution in [2.45, 2.75) is 18.7 Å². The molecule has 0 saturated carbocycles. The molecule has 1 N–H and O–H groups in total. The van der Waals surface area contributed by atoms with Crippen LogP contribution < -0.4 is 4.74 Å². The summed E-state index contributed by atoms with van der Waals surface area (Å²) in [7, 11) is 0. The Morgan fingerprint density at radius 2 is 1.88 bits per heavy atom. The molecule has 2 aromatic rings. The highest BCUT2D eigenvalue weighted by molar-refractivity contribution is 5.94. The molecule has 2 aliphatic rings. The number of nitrogens with zero attached hydrogens (tertiary/aromatic N) is 2. The van der Waals surface area contributed by atoms with Crippen LogP contribution in [0.5, 0.6) is 5.75 Å². The van der Waals surface area contributed by atoms with Gasteiger partial charge in [0, 0.05) is 30.8 Å². The minimum Gasteiger partial charge on any atom is -0.492 e. The molecule has 3 atom stereocenters. The fourth-order valence-electron chi connectivity index (χ4n) is 3.79. The Kier molecular flexibility index (Phi) is 7.68. The topological polar surface area (TPSA) is 89.0 Å². The number of carboxylic acid groups (broad SMARTS) is 1. The van der Waals surface area contributed by atoms with Gasteiger partial charge in [-0.2, -0.15) is 13.2 Å². The molecule has 10 heteroatoms. The van der Waals surface area contributed by atoms with Gasteiger partial charge in [-0.3, -0.25) is 9.78 Å². The van der Waals surface area contributed by atoms with Crippen molar-refractivity contribution in [3.8, 4) is 5.75 Å².